The number of halogens is 1. The predicted octanol–water partition coefficient (Wildman–Crippen LogP) is 2.06. The molecule has 7 nitrogen and oxygen atoms in total. The highest BCUT2D eigenvalue weighted by Crippen LogP contribution is 2.40. The third-order valence-corrected chi connectivity index (χ3v) is 4.57. The summed E-state index contributed by atoms with van der Waals surface area (Å²) in [5, 5.41) is 12.9. The Morgan fingerprint density at radius 2 is 2.21 bits per heavy atom. The van der Waals surface area contributed by atoms with E-state index in [1.165, 1.54) is 0 Å². The number of aromatic amines is 1. The Morgan fingerprint density at radius 3 is 2.88 bits per heavy atom. The summed E-state index contributed by atoms with van der Waals surface area (Å²) in [4.78, 5) is 22.9. The first-order chi connectivity index (χ1) is 11.5. The Hall–Kier alpha value is -2.12. The molecule has 0 radical (unpaired) electrons. The molecule has 0 aliphatic heterocycles. The fraction of sp³-hybridized carbons (Fsp3) is 0.438. The van der Waals surface area contributed by atoms with Gasteiger partial charge >= 0.3 is 0 Å². The monoisotopic (exact) mass is 350 g/mol. The van der Waals surface area contributed by atoms with Gasteiger partial charge in [0.25, 0.3) is 5.56 Å². The molecular formula is C16H19ClN4O3. The van der Waals surface area contributed by atoms with E-state index in [1.54, 1.807) is 26.4 Å². The minimum Gasteiger partial charge on any atom is -0.495 e. The molecule has 0 amide bonds. The van der Waals surface area contributed by atoms with Crippen molar-refractivity contribution in [3.8, 4) is 5.75 Å². The van der Waals surface area contributed by atoms with E-state index in [0.717, 1.165) is 5.56 Å². The summed E-state index contributed by atoms with van der Waals surface area (Å²) in [6, 6.07) is 1.70. The lowest BCUT2D eigenvalue weighted by molar-refractivity contribution is 0.0338. The number of rotatable bonds is 5. The first kappa shape index (κ1) is 16.7. The van der Waals surface area contributed by atoms with Gasteiger partial charge in [-0.05, 0) is 37.3 Å². The summed E-state index contributed by atoms with van der Waals surface area (Å²) in [5.41, 5.74) is 0.505. The Labute approximate surface area is 144 Å². The topological polar surface area (TPSA) is 100 Å². The molecule has 24 heavy (non-hydrogen) atoms. The number of hydrogen-bond acceptors (Lipinski definition) is 6. The van der Waals surface area contributed by atoms with E-state index >= 15 is 0 Å². The average Bonchev–Trinajstić information content (AvgIpc) is 2.54. The molecule has 0 bridgehead atoms. The molecule has 3 rings (SSSR count). The molecule has 8 heteroatoms. The Kier molecular flexibility index (Phi) is 4.73. The quantitative estimate of drug-likeness (QED) is 0.763. The molecule has 128 valence electrons. The Morgan fingerprint density at radius 1 is 1.46 bits per heavy atom. The lowest BCUT2D eigenvalue weighted by Gasteiger charge is -2.38. The van der Waals surface area contributed by atoms with Crippen LogP contribution >= 0.6 is 11.6 Å². The molecule has 0 spiro atoms. The number of aliphatic hydroxyl groups is 1. The van der Waals surface area contributed by atoms with Crippen molar-refractivity contribution in [2.45, 2.75) is 31.9 Å². The molecule has 2 heterocycles. The van der Waals surface area contributed by atoms with Gasteiger partial charge in [-0.3, -0.25) is 9.78 Å². The minimum atomic E-state index is -0.386. The van der Waals surface area contributed by atoms with Crippen LogP contribution in [0.2, 0.25) is 5.02 Å². The third kappa shape index (κ3) is 3.37. The van der Waals surface area contributed by atoms with Gasteiger partial charge in [-0.25, -0.2) is 4.98 Å². The Balaban J connectivity index is 1.95. The van der Waals surface area contributed by atoms with Gasteiger partial charge in [0.15, 0.2) is 5.82 Å². The summed E-state index contributed by atoms with van der Waals surface area (Å²) < 4.78 is 5.23. The smallest absolute Gasteiger partial charge is 0.271 e. The SMILES string of the molecule is COc1cncc(C(Nc2nc(C)[nH]c(=O)c2Cl)C2CC(O)C2)c1. The Bertz CT molecular complexity index is 789. The van der Waals surface area contributed by atoms with Gasteiger partial charge < -0.3 is 20.1 Å². The van der Waals surface area contributed by atoms with Crippen LogP contribution in [0.5, 0.6) is 5.75 Å². The van der Waals surface area contributed by atoms with Crippen LogP contribution in [0.4, 0.5) is 5.82 Å². The van der Waals surface area contributed by atoms with Crippen LogP contribution in [0.25, 0.3) is 0 Å². The number of anilines is 1. The normalized spacial score (nSPS) is 21.0. The van der Waals surface area contributed by atoms with E-state index in [2.05, 4.69) is 20.3 Å². The van der Waals surface area contributed by atoms with Gasteiger partial charge in [0, 0.05) is 6.20 Å². The highest BCUT2D eigenvalue weighted by Gasteiger charge is 2.35. The molecule has 0 saturated heterocycles. The van der Waals surface area contributed by atoms with Gasteiger partial charge in [0.05, 0.1) is 25.5 Å². The first-order valence-electron chi connectivity index (χ1n) is 7.68. The number of H-pyrrole nitrogens is 1. The molecule has 1 aliphatic carbocycles. The van der Waals surface area contributed by atoms with Crippen LogP contribution in [-0.4, -0.2) is 33.3 Å². The van der Waals surface area contributed by atoms with E-state index in [4.69, 9.17) is 16.3 Å². The minimum absolute atomic E-state index is 0.0151. The maximum absolute atomic E-state index is 11.8. The van der Waals surface area contributed by atoms with Gasteiger partial charge in [0.2, 0.25) is 0 Å². The van der Waals surface area contributed by atoms with Crippen molar-refractivity contribution >= 4 is 17.4 Å². The molecular weight excluding hydrogens is 332 g/mol. The predicted molar refractivity (Wildman–Crippen MR) is 90.5 cm³/mol. The zero-order valence-corrected chi connectivity index (χ0v) is 14.2. The van der Waals surface area contributed by atoms with Crippen molar-refractivity contribution in [1.29, 1.82) is 0 Å². The second-order valence-corrected chi connectivity index (χ2v) is 6.36. The summed E-state index contributed by atoms with van der Waals surface area (Å²) >= 11 is 6.09. The van der Waals surface area contributed by atoms with Crippen molar-refractivity contribution < 1.29 is 9.84 Å². The van der Waals surface area contributed by atoms with E-state index < -0.39 is 0 Å². The number of aryl methyl sites for hydroxylation is 1. The number of pyridine rings is 1. The fourth-order valence-electron chi connectivity index (χ4n) is 2.91. The number of nitrogens with zero attached hydrogens (tertiary/aromatic N) is 2. The molecule has 1 saturated carbocycles. The highest BCUT2D eigenvalue weighted by atomic mass is 35.5. The summed E-state index contributed by atoms with van der Waals surface area (Å²) in [6.07, 6.45) is 4.38. The van der Waals surface area contributed by atoms with Crippen molar-refractivity contribution in [1.82, 2.24) is 15.0 Å². The second kappa shape index (κ2) is 6.78. The number of aliphatic hydroxyl groups excluding tert-OH is 1. The van der Waals surface area contributed by atoms with Gasteiger partial charge in [-0.15, -0.1) is 0 Å². The lowest BCUT2D eigenvalue weighted by atomic mass is 9.75. The molecule has 1 aliphatic rings. The summed E-state index contributed by atoms with van der Waals surface area (Å²) in [5.74, 6) is 1.63. The van der Waals surface area contributed by atoms with Crippen LogP contribution in [0.1, 0.15) is 30.3 Å². The van der Waals surface area contributed by atoms with Crippen molar-refractivity contribution in [3.05, 3.63) is 45.2 Å². The maximum atomic E-state index is 11.8. The summed E-state index contributed by atoms with van der Waals surface area (Å²) in [6.45, 7) is 1.69. The zero-order valence-electron chi connectivity index (χ0n) is 13.4. The zero-order chi connectivity index (χ0) is 17.3. The number of nitrogens with one attached hydrogen (secondary N) is 2. The van der Waals surface area contributed by atoms with Gasteiger partial charge in [-0.1, -0.05) is 11.6 Å². The molecule has 1 fully saturated rings. The summed E-state index contributed by atoms with van der Waals surface area (Å²) in [7, 11) is 1.58. The molecule has 1 unspecified atom stereocenters. The van der Waals surface area contributed by atoms with E-state index in [9.17, 15) is 9.90 Å². The van der Waals surface area contributed by atoms with Crippen LogP contribution in [-0.2, 0) is 0 Å². The standard InChI is InChI=1S/C16H19ClN4O3/c1-8-19-15(13(17)16(23)20-8)21-14(9-3-11(22)4-9)10-5-12(24-2)7-18-6-10/h5-7,9,11,14,22H,3-4H2,1-2H3,(H2,19,20,21,23). The van der Waals surface area contributed by atoms with Crippen LogP contribution in [0.3, 0.4) is 0 Å². The maximum Gasteiger partial charge on any atom is 0.271 e. The largest absolute Gasteiger partial charge is 0.495 e. The fourth-order valence-corrected chi connectivity index (χ4v) is 3.05. The highest BCUT2D eigenvalue weighted by molar-refractivity contribution is 6.32. The molecule has 0 aromatic carbocycles. The second-order valence-electron chi connectivity index (χ2n) is 5.98. The number of hydrogen-bond donors (Lipinski definition) is 3. The van der Waals surface area contributed by atoms with Crippen LogP contribution in [0, 0.1) is 12.8 Å². The van der Waals surface area contributed by atoms with E-state index in [0.29, 0.717) is 30.2 Å². The lowest BCUT2D eigenvalue weighted by Crippen LogP contribution is -2.36. The molecule has 1 atom stereocenters. The van der Waals surface area contributed by atoms with Gasteiger partial charge in [-0.2, -0.15) is 0 Å². The van der Waals surface area contributed by atoms with Crippen molar-refractivity contribution in [2.75, 3.05) is 12.4 Å². The molecule has 2 aromatic rings. The van der Waals surface area contributed by atoms with Crippen LogP contribution < -0.4 is 15.6 Å². The third-order valence-electron chi connectivity index (χ3n) is 4.22. The molecule has 3 N–H and O–H groups in total. The number of methoxy groups -OCH3 is 1. The number of ether oxygens (including phenoxy) is 1. The van der Waals surface area contributed by atoms with Crippen molar-refractivity contribution in [3.63, 3.8) is 0 Å². The van der Waals surface area contributed by atoms with Gasteiger partial charge in [0.1, 0.15) is 16.6 Å². The van der Waals surface area contributed by atoms with E-state index in [-0.39, 0.29) is 28.6 Å². The first-order valence-corrected chi connectivity index (χ1v) is 8.05. The van der Waals surface area contributed by atoms with E-state index in [1.807, 2.05) is 6.07 Å². The molecule has 2 aromatic heterocycles. The van der Waals surface area contributed by atoms with Crippen LogP contribution in [0.15, 0.2) is 23.3 Å². The number of aromatic nitrogens is 3. The van der Waals surface area contributed by atoms with Crippen molar-refractivity contribution in [2.24, 2.45) is 5.92 Å². The average molecular weight is 351 g/mol.